The number of esters is 1. The fraction of sp³-hybridized carbons (Fsp3) is 0.400. The third-order valence-electron chi connectivity index (χ3n) is 1.77. The molecular formula is C10H14N2O2. The molecule has 1 heterocycles. The number of hydrogen-bond acceptors (Lipinski definition) is 3. The molecule has 0 radical (unpaired) electrons. The molecule has 0 aliphatic heterocycles. The highest BCUT2D eigenvalue weighted by molar-refractivity contribution is 5.87. The number of rotatable bonds is 4. The third kappa shape index (κ3) is 2.22. The van der Waals surface area contributed by atoms with Crippen molar-refractivity contribution >= 4 is 5.97 Å². The highest BCUT2D eigenvalue weighted by Crippen LogP contribution is 2.04. The fourth-order valence-electron chi connectivity index (χ4n) is 1.12. The van der Waals surface area contributed by atoms with Crippen LogP contribution in [0, 0.1) is 6.92 Å². The number of hydrogen-bond donors (Lipinski definition) is 0. The van der Waals surface area contributed by atoms with Crippen molar-refractivity contribution in [1.29, 1.82) is 0 Å². The molecule has 0 aliphatic carbocycles. The van der Waals surface area contributed by atoms with E-state index >= 15 is 0 Å². The summed E-state index contributed by atoms with van der Waals surface area (Å²) in [5.41, 5.74) is 1.28. The fourth-order valence-corrected chi connectivity index (χ4v) is 1.12. The molecule has 4 heteroatoms. The number of aryl methyl sites for hydroxylation is 1. The summed E-state index contributed by atoms with van der Waals surface area (Å²) in [4.78, 5) is 11.3. The Morgan fingerprint density at radius 2 is 2.50 bits per heavy atom. The van der Waals surface area contributed by atoms with Crippen molar-refractivity contribution in [2.75, 3.05) is 6.61 Å². The maximum Gasteiger partial charge on any atom is 0.358 e. The molecule has 4 nitrogen and oxygen atoms in total. The number of carbonyl (C=O) groups excluding carboxylic acids is 1. The summed E-state index contributed by atoms with van der Waals surface area (Å²) in [6.07, 6.45) is 1.73. The number of ether oxygens (including phenoxy) is 1. The van der Waals surface area contributed by atoms with Gasteiger partial charge in [-0.25, -0.2) is 4.79 Å². The zero-order chi connectivity index (χ0) is 10.6. The lowest BCUT2D eigenvalue weighted by Gasteiger charge is -1.98. The third-order valence-corrected chi connectivity index (χ3v) is 1.77. The summed E-state index contributed by atoms with van der Waals surface area (Å²) in [7, 11) is 0. The van der Waals surface area contributed by atoms with Crippen LogP contribution in [0.5, 0.6) is 0 Å². The SMILES string of the molecule is C=CCn1nc(C(=O)OCC)cc1C. The smallest absolute Gasteiger partial charge is 0.358 e. The number of nitrogens with zero attached hydrogens (tertiary/aromatic N) is 2. The summed E-state index contributed by atoms with van der Waals surface area (Å²) in [6, 6.07) is 1.71. The molecule has 0 spiro atoms. The summed E-state index contributed by atoms with van der Waals surface area (Å²) >= 11 is 0. The predicted molar refractivity (Wildman–Crippen MR) is 53.1 cm³/mol. The Bertz CT molecular complexity index is 342. The van der Waals surface area contributed by atoms with Crippen LogP contribution in [-0.2, 0) is 11.3 Å². The maximum atomic E-state index is 11.3. The van der Waals surface area contributed by atoms with Gasteiger partial charge in [0.05, 0.1) is 13.2 Å². The zero-order valence-corrected chi connectivity index (χ0v) is 8.49. The second kappa shape index (κ2) is 4.60. The van der Waals surface area contributed by atoms with Crippen molar-refractivity contribution in [3.8, 4) is 0 Å². The van der Waals surface area contributed by atoms with E-state index in [4.69, 9.17) is 4.74 Å². The van der Waals surface area contributed by atoms with E-state index in [1.54, 1.807) is 23.7 Å². The van der Waals surface area contributed by atoms with Gasteiger partial charge in [-0.1, -0.05) is 6.08 Å². The van der Waals surface area contributed by atoms with Gasteiger partial charge in [0, 0.05) is 5.69 Å². The van der Waals surface area contributed by atoms with Gasteiger partial charge in [0.25, 0.3) is 0 Å². The van der Waals surface area contributed by atoms with Gasteiger partial charge in [-0.2, -0.15) is 5.10 Å². The quantitative estimate of drug-likeness (QED) is 0.539. The van der Waals surface area contributed by atoms with Crippen molar-refractivity contribution in [2.45, 2.75) is 20.4 Å². The minimum absolute atomic E-state index is 0.353. The molecule has 14 heavy (non-hydrogen) atoms. The minimum Gasteiger partial charge on any atom is -0.461 e. The van der Waals surface area contributed by atoms with E-state index in [2.05, 4.69) is 11.7 Å². The molecule has 0 atom stereocenters. The Morgan fingerprint density at radius 3 is 3.07 bits per heavy atom. The lowest BCUT2D eigenvalue weighted by molar-refractivity contribution is 0.0518. The average molecular weight is 194 g/mol. The summed E-state index contributed by atoms with van der Waals surface area (Å²) < 4.78 is 6.54. The van der Waals surface area contributed by atoms with Crippen molar-refractivity contribution < 1.29 is 9.53 Å². The molecule has 1 aromatic heterocycles. The highest BCUT2D eigenvalue weighted by atomic mass is 16.5. The zero-order valence-electron chi connectivity index (χ0n) is 8.49. The molecule has 1 aromatic rings. The molecule has 1 rings (SSSR count). The number of aromatic nitrogens is 2. The highest BCUT2D eigenvalue weighted by Gasteiger charge is 2.11. The molecule has 0 saturated carbocycles. The second-order valence-electron chi connectivity index (χ2n) is 2.86. The van der Waals surface area contributed by atoms with Gasteiger partial charge in [0.2, 0.25) is 0 Å². The number of carbonyl (C=O) groups is 1. The molecule has 0 bridgehead atoms. The monoisotopic (exact) mass is 194 g/mol. The first-order chi connectivity index (χ1) is 6.69. The predicted octanol–water partition coefficient (Wildman–Crippen LogP) is 1.55. The summed E-state index contributed by atoms with van der Waals surface area (Å²) in [5, 5.41) is 4.09. The van der Waals surface area contributed by atoms with Gasteiger partial charge in [-0.15, -0.1) is 6.58 Å². The van der Waals surface area contributed by atoms with E-state index in [1.807, 2.05) is 6.92 Å². The van der Waals surface area contributed by atoms with Crippen LogP contribution in [0.25, 0.3) is 0 Å². The summed E-state index contributed by atoms with van der Waals surface area (Å²) in [5.74, 6) is -0.376. The van der Waals surface area contributed by atoms with E-state index in [0.717, 1.165) is 5.69 Å². The van der Waals surface area contributed by atoms with Crippen molar-refractivity contribution in [3.63, 3.8) is 0 Å². The standard InChI is InChI=1S/C10H14N2O2/c1-4-6-12-8(3)7-9(11-12)10(13)14-5-2/h4,7H,1,5-6H2,2-3H3. The Kier molecular flexibility index (Phi) is 3.45. The Morgan fingerprint density at radius 1 is 1.79 bits per heavy atom. The van der Waals surface area contributed by atoms with Crippen LogP contribution in [0.4, 0.5) is 0 Å². The maximum absolute atomic E-state index is 11.3. The van der Waals surface area contributed by atoms with Crippen LogP contribution in [-0.4, -0.2) is 22.4 Å². The average Bonchev–Trinajstić information content (AvgIpc) is 2.49. The topological polar surface area (TPSA) is 44.1 Å². The normalized spacial score (nSPS) is 9.86. The van der Waals surface area contributed by atoms with E-state index in [9.17, 15) is 4.79 Å². The largest absolute Gasteiger partial charge is 0.461 e. The molecule has 0 unspecified atom stereocenters. The second-order valence-corrected chi connectivity index (χ2v) is 2.86. The van der Waals surface area contributed by atoms with Gasteiger partial charge in [-0.3, -0.25) is 4.68 Å². The molecular weight excluding hydrogens is 180 g/mol. The van der Waals surface area contributed by atoms with Crippen molar-refractivity contribution in [2.24, 2.45) is 0 Å². The first-order valence-corrected chi connectivity index (χ1v) is 4.51. The van der Waals surface area contributed by atoms with Gasteiger partial charge in [-0.05, 0) is 19.9 Å². The molecule has 0 saturated heterocycles. The van der Waals surface area contributed by atoms with Gasteiger partial charge in [0.1, 0.15) is 0 Å². The molecule has 0 amide bonds. The van der Waals surface area contributed by atoms with E-state index in [1.165, 1.54) is 0 Å². The van der Waals surface area contributed by atoms with Gasteiger partial charge >= 0.3 is 5.97 Å². The van der Waals surface area contributed by atoms with Crippen LogP contribution in [0.1, 0.15) is 23.1 Å². The molecule has 0 aromatic carbocycles. The van der Waals surface area contributed by atoms with Crippen LogP contribution in [0.15, 0.2) is 18.7 Å². The van der Waals surface area contributed by atoms with Crippen molar-refractivity contribution in [1.82, 2.24) is 9.78 Å². The van der Waals surface area contributed by atoms with E-state index in [-0.39, 0.29) is 5.97 Å². The van der Waals surface area contributed by atoms with Gasteiger partial charge < -0.3 is 4.74 Å². The Labute approximate surface area is 83.2 Å². The Balaban J connectivity index is 2.84. The number of allylic oxidation sites excluding steroid dienone is 1. The first kappa shape index (κ1) is 10.5. The van der Waals surface area contributed by atoms with Gasteiger partial charge in [0.15, 0.2) is 5.69 Å². The van der Waals surface area contributed by atoms with Crippen LogP contribution >= 0.6 is 0 Å². The molecule has 0 N–H and O–H groups in total. The molecule has 0 aliphatic rings. The van der Waals surface area contributed by atoms with Crippen LogP contribution in [0.3, 0.4) is 0 Å². The van der Waals surface area contributed by atoms with Crippen LogP contribution in [0.2, 0.25) is 0 Å². The van der Waals surface area contributed by atoms with E-state index < -0.39 is 0 Å². The van der Waals surface area contributed by atoms with E-state index in [0.29, 0.717) is 18.8 Å². The van der Waals surface area contributed by atoms with Crippen molar-refractivity contribution in [3.05, 3.63) is 30.1 Å². The lowest BCUT2D eigenvalue weighted by atomic mass is 10.4. The molecule has 76 valence electrons. The lowest BCUT2D eigenvalue weighted by Crippen LogP contribution is -2.07. The molecule has 0 fully saturated rings. The van der Waals surface area contributed by atoms with Crippen LogP contribution < -0.4 is 0 Å². The summed E-state index contributed by atoms with van der Waals surface area (Å²) in [6.45, 7) is 8.24. The minimum atomic E-state index is -0.376. The first-order valence-electron chi connectivity index (χ1n) is 4.51. The Hall–Kier alpha value is -1.58.